The third-order valence-electron chi connectivity index (χ3n) is 6.14. The van der Waals surface area contributed by atoms with Crippen molar-refractivity contribution in [2.75, 3.05) is 14.2 Å². The van der Waals surface area contributed by atoms with Gasteiger partial charge in [-0.2, -0.15) is 20.7 Å². The van der Waals surface area contributed by atoms with Gasteiger partial charge >= 0.3 is 19.1 Å². The molecule has 6 aromatic rings. The van der Waals surface area contributed by atoms with Crippen LogP contribution in [0.5, 0.6) is 0 Å². The van der Waals surface area contributed by atoms with E-state index in [1.54, 1.807) is 67.0 Å². The predicted octanol–water partition coefficient (Wildman–Crippen LogP) is 4.22. The van der Waals surface area contributed by atoms with Gasteiger partial charge in [-0.15, -0.1) is 0 Å². The molecule has 0 spiro atoms. The van der Waals surface area contributed by atoms with Crippen LogP contribution in [0.3, 0.4) is 0 Å². The van der Waals surface area contributed by atoms with Crippen molar-refractivity contribution in [3.63, 3.8) is 0 Å². The highest BCUT2D eigenvalue weighted by atomic mass is 79.9. The van der Waals surface area contributed by atoms with E-state index in [2.05, 4.69) is 67.9 Å². The van der Waals surface area contributed by atoms with Crippen LogP contribution in [0, 0.1) is 22.7 Å². The summed E-state index contributed by atoms with van der Waals surface area (Å²) in [5.41, 5.74) is 3.37. The van der Waals surface area contributed by atoms with Crippen LogP contribution >= 0.6 is 31.9 Å². The number of carbonyl (C=O) groups excluding carboxylic acids is 2. The molecule has 0 aliphatic rings. The topological polar surface area (TPSA) is 213 Å². The van der Waals surface area contributed by atoms with Crippen LogP contribution in [-0.4, -0.2) is 73.3 Å². The number of pyridine rings is 2. The van der Waals surface area contributed by atoms with Gasteiger partial charge < -0.3 is 19.5 Å². The second-order valence-corrected chi connectivity index (χ2v) is 11.0. The van der Waals surface area contributed by atoms with Gasteiger partial charge in [-0.3, -0.25) is 5.10 Å². The largest absolute Gasteiger partial charge is 0.488 e. The molecule has 14 nitrogen and oxygen atoms in total. The predicted molar refractivity (Wildman–Crippen MR) is 183 cm³/mol. The van der Waals surface area contributed by atoms with Crippen LogP contribution in [0.4, 0.5) is 0 Å². The molecular weight excluding hydrogens is 751 g/mol. The molecule has 17 heteroatoms. The first-order valence-corrected chi connectivity index (χ1v) is 14.8. The van der Waals surface area contributed by atoms with E-state index >= 15 is 0 Å². The number of H-pyrrole nitrogens is 1. The maximum atomic E-state index is 11.9. The summed E-state index contributed by atoms with van der Waals surface area (Å²) in [4.78, 5) is 31.3. The van der Waals surface area contributed by atoms with Crippen molar-refractivity contribution in [3.8, 4) is 17.8 Å². The zero-order valence-electron chi connectivity index (χ0n) is 24.4. The Morgan fingerprint density at radius 2 is 1.48 bits per heavy atom. The maximum absolute atomic E-state index is 11.9. The van der Waals surface area contributed by atoms with Crippen LogP contribution in [0.15, 0.2) is 82.0 Å². The van der Waals surface area contributed by atoms with E-state index in [-0.39, 0.29) is 13.1 Å². The van der Waals surface area contributed by atoms with Gasteiger partial charge in [-0.05, 0) is 66.1 Å². The molecule has 0 aliphatic heterocycles. The van der Waals surface area contributed by atoms with E-state index in [0.29, 0.717) is 54.5 Å². The van der Waals surface area contributed by atoms with Gasteiger partial charge in [0.25, 0.3) is 0 Å². The fourth-order valence-electron chi connectivity index (χ4n) is 4.07. The SMILES string of the molecule is C.COC(=O)c1[nH]nc2ncccc12.COC(=O)c1nn(-c2cc(Br)cc(C#N)c2)c2ncccc12.N#Cc1cc(Br)cc(B(O)O)c1. The molecule has 0 fully saturated rings. The fourth-order valence-corrected chi connectivity index (χ4v) is 5.07. The van der Waals surface area contributed by atoms with Crippen molar-refractivity contribution in [1.29, 1.82) is 10.5 Å². The third-order valence-corrected chi connectivity index (χ3v) is 7.06. The number of esters is 2. The summed E-state index contributed by atoms with van der Waals surface area (Å²) in [6.45, 7) is 0. The molecule has 242 valence electrons. The monoisotopic (exact) mass is 774 g/mol. The van der Waals surface area contributed by atoms with Gasteiger partial charge in [-0.25, -0.2) is 24.2 Å². The molecule has 0 saturated heterocycles. The highest BCUT2D eigenvalue weighted by Gasteiger charge is 2.20. The first kappa shape index (κ1) is 37.0. The summed E-state index contributed by atoms with van der Waals surface area (Å²) < 4.78 is 12.2. The number of aromatic amines is 1. The number of benzene rings is 2. The van der Waals surface area contributed by atoms with Crippen LogP contribution in [0.2, 0.25) is 0 Å². The lowest BCUT2D eigenvalue weighted by Gasteiger charge is -2.04. The van der Waals surface area contributed by atoms with Gasteiger partial charge in [0.2, 0.25) is 0 Å². The van der Waals surface area contributed by atoms with Crippen molar-refractivity contribution < 1.29 is 29.1 Å². The number of nitriles is 2. The smallest absolute Gasteiger partial charge is 0.464 e. The van der Waals surface area contributed by atoms with E-state index in [1.165, 1.54) is 25.0 Å². The van der Waals surface area contributed by atoms with Crippen molar-refractivity contribution >= 4 is 78.4 Å². The minimum atomic E-state index is -1.53. The number of nitrogens with zero attached hydrogens (tertiary/aromatic N) is 7. The van der Waals surface area contributed by atoms with Crippen molar-refractivity contribution in [3.05, 3.63) is 105 Å². The highest BCUT2D eigenvalue weighted by Crippen LogP contribution is 2.24. The van der Waals surface area contributed by atoms with Gasteiger partial charge in [-0.1, -0.05) is 39.3 Å². The van der Waals surface area contributed by atoms with E-state index < -0.39 is 19.1 Å². The number of hydrogen-bond acceptors (Lipinski definition) is 12. The molecule has 2 aromatic carbocycles. The lowest BCUT2D eigenvalue weighted by molar-refractivity contribution is 0.0587. The molecule has 3 N–H and O–H groups in total. The van der Waals surface area contributed by atoms with Crippen molar-refractivity contribution in [2.24, 2.45) is 0 Å². The molecule has 0 bridgehead atoms. The van der Waals surface area contributed by atoms with Crippen LogP contribution in [0.1, 0.15) is 39.5 Å². The van der Waals surface area contributed by atoms with E-state index in [4.69, 9.17) is 25.3 Å². The molecule has 0 saturated carbocycles. The Balaban J connectivity index is 0.000000207. The Morgan fingerprint density at radius 1 is 0.875 bits per heavy atom. The van der Waals surface area contributed by atoms with Gasteiger partial charge in [0, 0.05) is 21.3 Å². The summed E-state index contributed by atoms with van der Waals surface area (Å²) in [6, 6.07) is 20.7. The molecule has 4 heterocycles. The molecule has 0 radical (unpaired) electrons. The third kappa shape index (κ3) is 8.66. The van der Waals surface area contributed by atoms with Gasteiger partial charge in [0.15, 0.2) is 22.7 Å². The van der Waals surface area contributed by atoms with E-state index in [0.717, 1.165) is 4.47 Å². The highest BCUT2D eigenvalue weighted by molar-refractivity contribution is 9.10. The molecule has 0 unspecified atom stereocenters. The molecule has 0 atom stereocenters. The minimum absolute atomic E-state index is 0. The van der Waals surface area contributed by atoms with Crippen molar-refractivity contribution in [1.82, 2.24) is 29.9 Å². The maximum Gasteiger partial charge on any atom is 0.488 e. The van der Waals surface area contributed by atoms with Crippen LogP contribution in [-0.2, 0) is 9.47 Å². The quantitative estimate of drug-likeness (QED) is 0.170. The van der Waals surface area contributed by atoms with Crippen molar-refractivity contribution in [2.45, 2.75) is 7.43 Å². The normalized spacial score (nSPS) is 9.83. The Labute approximate surface area is 291 Å². The number of carbonyl (C=O) groups is 2. The second kappa shape index (κ2) is 16.9. The number of halogens is 2. The standard InChI is InChI=1S/C15H9BrN4O2.C8H7N3O2.C7H5BBrNO2.CH4/c1-22-15(21)13-12-3-2-4-18-14(12)20(19-13)11-6-9(8-17)5-10(16)7-11;1-13-8(12)6-5-3-2-4-9-7(5)11-10-6;9-7-2-5(4-10)1-6(3-7)8(11)12;/h2-7H,1H3;2-4H,1H3,(H,9,10,11);1-3,11-12H;1H4. The number of fused-ring (bicyclic) bond motifs is 2. The Bertz CT molecular complexity index is 2170. The Morgan fingerprint density at radius 3 is 2.10 bits per heavy atom. The second-order valence-electron chi connectivity index (χ2n) is 9.16. The first-order chi connectivity index (χ1) is 22.6. The molecule has 0 aliphatic carbocycles. The summed E-state index contributed by atoms with van der Waals surface area (Å²) in [7, 11) is 1.09. The zero-order chi connectivity index (χ0) is 34.1. The molecular formula is C31H25BBr2N8O6. The number of rotatable bonds is 4. The van der Waals surface area contributed by atoms with Gasteiger partial charge in [0.1, 0.15) is 0 Å². The average molecular weight is 776 g/mol. The van der Waals surface area contributed by atoms with Crippen LogP contribution < -0.4 is 5.46 Å². The number of hydrogen-bond donors (Lipinski definition) is 3. The first-order valence-electron chi connectivity index (χ1n) is 13.2. The van der Waals surface area contributed by atoms with E-state index in [1.807, 2.05) is 6.07 Å². The van der Waals surface area contributed by atoms with Crippen LogP contribution in [0.25, 0.3) is 27.8 Å². The molecule has 48 heavy (non-hydrogen) atoms. The number of ether oxygens (including phenoxy) is 2. The lowest BCUT2D eigenvalue weighted by Crippen LogP contribution is -2.29. The number of aromatic nitrogens is 6. The fraction of sp³-hybridized carbons (Fsp3) is 0.0968. The van der Waals surface area contributed by atoms with E-state index in [9.17, 15) is 9.59 Å². The Kier molecular flexibility index (Phi) is 13.0. The summed E-state index contributed by atoms with van der Waals surface area (Å²) >= 11 is 6.51. The molecule has 0 amide bonds. The summed E-state index contributed by atoms with van der Waals surface area (Å²) in [6.07, 6.45) is 3.23. The Hall–Kier alpha value is -5.46. The molecule has 6 rings (SSSR count). The lowest BCUT2D eigenvalue weighted by atomic mass is 9.80. The zero-order valence-corrected chi connectivity index (χ0v) is 27.6. The summed E-state index contributed by atoms with van der Waals surface area (Å²) in [5.74, 6) is -0.970. The average Bonchev–Trinajstić information content (AvgIpc) is 3.70. The van der Waals surface area contributed by atoms with Gasteiger partial charge in [0.05, 0.1) is 53.9 Å². The minimum Gasteiger partial charge on any atom is -0.464 e. The molecule has 4 aromatic heterocycles. The number of methoxy groups -OCH3 is 2. The summed E-state index contributed by atoms with van der Waals surface area (Å²) in [5, 5.41) is 47.2. The number of nitrogens with one attached hydrogen (secondary N) is 1.